The lowest BCUT2D eigenvalue weighted by atomic mass is 9.93. The monoisotopic (exact) mass is 340 g/mol. The second-order valence-electron chi connectivity index (χ2n) is 4.48. The second kappa shape index (κ2) is 5.31. The number of carbonyl (C=O) groups excluding carboxylic acids is 1. The second-order valence-corrected chi connectivity index (χ2v) is 4.88. The van der Waals surface area contributed by atoms with E-state index in [1.54, 1.807) is 0 Å². The molecular weight excluding hydrogens is 332 g/mol. The number of methoxy groups -OCH3 is 1. The van der Waals surface area contributed by atoms with Gasteiger partial charge in [0.2, 0.25) is 0 Å². The highest BCUT2D eigenvalue weighted by Crippen LogP contribution is 2.43. The maximum atomic E-state index is 13.2. The van der Waals surface area contributed by atoms with Crippen LogP contribution in [-0.4, -0.2) is 30.6 Å². The zero-order chi connectivity index (χ0) is 16.7. The number of carbonyl (C=O) groups is 1. The zero-order valence-corrected chi connectivity index (χ0v) is 11.8. The zero-order valence-electron chi connectivity index (χ0n) is 11.0. The lowest BCUT2D eigenvalue weighted by Crippen LogP contribution is -2.52. The SMILES string of the molecule is COC(=O)C1(C(F)(F)F)CC(c2cc(N)c(F)cc2Cl)=NO1. The topological polar surface area (TPSA) is 73.9 Å². The first-order valence-electron chi connectivity index (χ1n) is 5.77. The molecule has 1 aromatic carbocycles. The van der Waals surface area contributed by atoms with Crippen molar-refractivity contribution in [3.63, 3.8) is 0 Å². The van der Waals surface area contributed by atoms with Crippen LogP contribution in [0.15, 0.2) is 17.3 Å². The number of anilines is 1. The van der Waals surface area contributed by atoms with Crippen molar-refractivity contribution in [1.29, 1.82) is 0 Å². The number of hydrogen-bond donors (Lipinski definition) is 1. The van der Waals surface area contributed by atoms with E-state index in [4.69, 9.17) is 17.3 Å². The Bertz CT molecular complexity index is 663. The van der Waals surface area contributed by atoms with Crippen LogP contribution in [0, 0.1) is 5.82 Å². The van der Waals surface area contributed by atoms with Crippen LogP contribution in [-0.2, 0) is 14.4 Å². The van der Waals surface area contributed by atoms with Gasteiger partial charge in [0, 0.05) is 5.56 Å². The number of halogens is 5. The van der Waals surface area contributed by atoms with E-state index in [0.29, 0.717) is 0 Å². The predicted molar refractivity (Wildman–Crippen MR) is 68.9 cm³/mol. The molecule has 22 heavy (non-hydrogen) atoms. The number of alkyl halides is 3. The summed E-state index contributed by atoms with van der Waals surface area (Å²) in [5.74, 6) is -2.48. The normalized spacial score (nSPS) is 21.3. The van der Waals surface area contributed by atoms with E-state index < -0.39 is 30.0 Å². The third-order valence-electron chi connectivity index (χ3n) is 3.10. The van der Waals surface area contributed by atoms with Crippen LogP contribution in [0.4, 0.5) is 23.2 Å². The molecular formula is C12H9ClF4N2O3. The fourth-order valence-electron chi connectivity index (χ4n) is 1.91. The van der Waals surface area contributed by atoms with Gasteiger partial charge in [-0.3, -0.25) is 0 Å². The summed E-state index contributed by atoms with van der Waals surface area (Å²) in [5, 5.41) is 3.05. The smallest absolute Gasteiger partial charge is 0.442 e. The number of ether oxygens (including phenoxy) is 1. The molecule has 2 rings (SSSR count). The molecule has 0 aliphatic carbocycles. The lowest BCUT2D eigenvalue weighted by Gasteiger charge is -2.25. The average Bonchev–Trinajstić information content (AvgIpc) is 2.87. The molecule has 1 aliphatic heterocycles. The Hall–Kier alpha value is -2.03. The van der Waals surface area contributed by atoms with Gasteiger partial charge in [-0.1, -0.05) is 16.8 Å². The van der Waals surface area contributed by atoms with Crippen molar-refractivity contribution in [1.82, 2.24) is 0 Å². The molecule has 1 unspecified atom stereocenters. The molecule has 0 bridgehead atoms. The van der Waals surface area contributed by atoms with Crippen LogP contribution in [0.5, 0.6) is 0 Å². The maximum Gasteiger partial charge on any atom is 0.442 e. The number of nitrogens with zero attached hydrogens (tertiary/aromatic N) is 1. The van der Waals surface area contributed by atoms with Crippen molar-refractivity contribution >= 4 is 29.0 Å². The first kappa shape index (κ1) is 16.3. The van der Waals surface area contributed by atoms with Crippen molar-refractivity contribution in [2.45, 2.75) is 18.2 Å². The Kier molecular flexibility index (Phi) is 3.94. The Morgan fingerprint density at radius 1 is 1.50 bits per heavy atom. The van der Waals surface area contributed by atoms with Gasteiger partial charge >= 0.3 is 17.7 Å². The summed E-state index contributed by atoms with van der Waals surface area (Å²) >= 11 is 5.77. The quantitative estimate of drug-likeness (QED) is 0.510. The fourth-order valence-corrected chi connectivity index (χ4v) is 2.17. The highest BCUT2D eigenvalue weighted by Gasteiger charge is 2.67. The van der Waals surface area contributed by atoms with E-state index >= 15 is 0 Å². The summed E-state index contributed by atoms with van der Waals surface area (Å²) in [4.78, 5) is 15.9. The van der Waals surface area contributed by atoms with E-state index in [9.17, 15) is 22.4 Å². The minimum Gasteiger partial charge on any atom is -0.466 e. The van der Waals surface area contributed by atoms with Gasteiger partial charge in [-0.25, -0.2) is 9.18 Å². The van der Waals surface area contributed by atoms with Gasteiger partial charge in [0.15, 0.2) is 0 Å². The number of esters is 1. The van der Waals surface area contributed by atoms with Crippen LogP contribution in [0.2, 0.25) is 5.02 Å². The molecule has 1 heterocycles. The molecule has 1 aliphatic rings. The van der Waals surface area contributed by atoms with Crippen molar-refractivity contribution in [2.75, 3.05) is 12.8 Å². The highest BCUT2D eigenvalue weighted by molar-refractivity contribution is 6.34. The third-order valence-corrected chi connectivity index (χ3v) is 3.41. The number of nitrogen functional groups attached to an aromatic ring is 1. The first-order chi connectivity index (χ1) is 10.1. The Labute approximate surface area is 126 Å². The lowest BCUT2D eigenvalue weighted by molar-refractivity contribution is -0.268. The molecule has 2 N–H and O–H groups in total. The molecule has 5 nitrogen and oxygen atoms in total. The van der Waals surface area contributed by atoms with Crippen LogP contribution in [0.3, 0.4) is 0 Å². The number of nitrogens with two attached hydrogens (primary N) is 1. The van der Waals surface area contributed by atoms with Crippen LogP contribution >= 0.6 is 11.6 Å². The largest absolute Gasteiger partial charge is 0.466 e. The van der Waals surface area contributed by atoms with Gasteiger partial charge in [0.05, 0.1) is 30.0 Å². The summed E-state index contributed by atoms with van der Waals surface area (Å²) < 4.78 is 56.9. The van der Waals surface area contributed by atoms with Gasteiger partial charge in [-0.05, 0) is 12.1 Å². The van der Waals surface area contributed by atoms with E-state index in [2.05, 4.69) is 14.7 Å². The molecule has 1 atom stereocenters. The van der Waals surface area contributed by atoms with Crippen molar-refractivity contribution < 1.29 is 31.9 Å². The van der Waals surface area contributed by atoms with Gasteiger partial charge in [0.25, 0.3) is 0 Å². The standard InChI is InChI=1S/C12H9ClF4N2O3/c1-21-10(20)11(12(15,16)17)4-9(19-22-11)5-2-8(18)7(14)3-6(5)13/h2-3H,4,18H2,1H3. The Morgan fingerprint density at radius 3 is 2.68 bits per heavy atom. The molecule has 0 saturated heterocycles. The summed E-state index contributed by atoms with van der Waals surface area (Å²) in [6.45, 7) is 0. The molecule has 0 spiro atoms. The predicted octanol–water partition coefficient (Wildman–Crippen LogP) is 2.66. The number of benzene rings is 1. The van der Waals surface area contributed by atoms with Crippen molar-refractivity contribution in [3.8, 4) is 0 Å². The summed E-state index contributed by atoms with van der Waals surface area (Å²) in [5.41, 5.74) is 1.41. The summed E-state index contributed by atoms with van der Waals surface area (Å²) in [6, 6.07) is 1.85. The van der Waals surface area contributed by atoms with Gasteiger partial charge < -0.3 is 15.3 Å². The Morgan fingerprint density at radius 2 is 2.14 bits per heavy atom. The van der Waals surface area contributed by atoms with Gasteiger partial charge in [0.1, 0.15) is 5.82 Å². The number of rotatable bonds is 2. The van der Waals surface area contributed by atoms with Gasteiger partial charge in [-0.2, -0.15) is 13.2 Å². The Balaban J connectivity index is 2.43. The molecule has 0 amide bonds. The molecule has 1 aromatic rings. The van der Waals surface area contributed by atoms with E-state index in [1.165, 1.54) is 0 Å². The molecule has 0 radical (unpaired) electrons. The third kappa shape index (κ3) is 2.45. The molecule has 10 heteroatoms. The van der Waals surface area contributed by atoms with Crippen molar-refractivity contribution in [2.24, 2.45) is 5.16 Å². The van der Waals surface area contributed by atoms with E-state index in [-0.39, 0.29) is 22.0 Å². The van der Waals surface area contributed by atoms with Crippen molar-refractivity contribution in [3.05, 3.63) is 28.5 Å². The van der Waals surface area contributed by atoms with Crippen LogP contribution < -0.4 is 5.73 Å². The summed E-state index contributed by atoms with van der Waals surface area (Å²) in [6.07, 6.45) is -6.03. The van der Waals surface area contributed by atoms with Gasteiger partial charge in [-0.15, -0.1) is 0 Å². The highest BCUT2D eigenvalue weighted by atomic mass is 35.5. The minimum absolute atomic E-state index is 0.0596. The maximum absolute atomic E-state index is 13.2. The fraction of sp³-hybridized carbons (Fsp3) is 0.333. The van der Waals surface area contributed by atoms with Crippen LogP contribution in [0.1, 0.15) is 12.0 Å². The average molecular weight is 341 g/mol. The first-order valence-corrected chi connectivity index (χ1v) is 6.15. The molecule has 120 valence electrons. The number of oxime groups is 1. The number of hydrogen-bond acceptors (Lipinski definition) is 5. The molecule has 0 saturated carbocycles. The van der Waals surface area contributed by atoms with E-state index in [1.807, 2.05) is 0 Å². The molecule has 0 fully saturated rings. The van der Waals surface area contributed by atoms with Crippen LogP contribution in [0.25, 0.3) is 0 Å². The molecule has 0 aromatic heterocycles. The minimum atomic E-state index is -5.07. The summed E-state index contributed by atoms with van der Waals surface area (Å²) in [7, 11) is 0.792. The van der Waals surface area contributed by atoms with E-state index in [0.717, 1.165) is 19.2 Å².